The van der Waals surface area contributed by atoms with E-state index in [0.29, 0.717) is 47.6 Å². The fraction of sp³-hybridized carbons (Fsp3) is 0.520. The summed E-state index contributed by atoms with van der Waals surface area (Å²) in [6.45, 7) is 10.4. The molecule has 0 spiro atoms. The van der Waals surface area contributed by atoms with E-state index in [2.05, 4.69) is 26.1 Å². The highest BCUT2D eigenvalue weighted by atomic mass is 35.5. The molecule has 1 aromatic carbocycles. The van der Waals surface area contributed by atoms with E-state index >= 15 is 0 Å². The van der Waals surface area contributed by atoms with Gasteiger partial charge in [0.2, 0.25) is 0 Å². The second-order valence-corrected chi connectivity index (χ2v) is 10.8. The van der Waals surface area contributed by atoms with Gasteiger partial charge in [-0.2, -0.15) is 11.8 Å². The van der Waals surface area contributed by atoms with Crippen molar-refractivity contribution < 1.29 is 24.2 Å². The number of hydrogen-bond donors (Lipinski definition) is 2. The maximum atomic E-state index is 13.4. The van der Waals surface area contributed by atoms with E-state index in [4.69, 9.17) is 21.1 Å². The summed E-state index contributed by atoms with van der Waals surface area (Å²) in [6, 6.07) is 3.26. The number of esters is 1. The number of dihydropyridines is 1. The second-order valence-electron chi connectivity index (χ2n) is 9.05. The highest BCUT2D eigenvalue weighted by molar-refractivity contribution is 7.99. The average Bonchev–Trinajstić information content (AvgIpc) is 2.72. The van der Waals surface area contributed by atoms with Gasteiger partial charge < -0.3 is 19.9 Å². The summed E-state index contributed by atoms with van der Waals surface area (Å²) < 4.78 is 11.2. The number of thioether (sulfide) groups is 1. The van der Waals surface area contributed by atoms with Crippen LogP contribution in [0.3, 0.4) is 0 Å². The average molecular weight is 494 g/mol. The molecule has 0 aromatic heterocycles. The van der Waals surface area contributed by atoms with Gasteiger partial charge in [-0.15, -0.1) is 0 Å². The van der Waals surface area contributed by atoms with Crippen LogP contribution in [-0.2, 0) is 14.3 Å². The van der Waals surface area contributed by atoms with Crippen LogP contribution in [0.1, 0.15) is 58.9 Å². The fourth-order valence-electron chi connectivity index (χ4n) is 4.48. The maximum Gasteiger partial charge on any atom is 0.336 e. The van der Waals surface area contributed by atoms with Crippen molar-refractivity contribution in [3.63, 3.8) is 0 Å². The molecule has 8 heteroatoms. The molecule has 1 heterocycles. The summed E-state index contributed by atoms with van der Waals surface area (Å²) in [5.41, 5.74) is 2.83. The topological polar surface area (TPSA) is 84.9 Å². The summed E-state index contributed by atoms with van der Waals surface area (Å²) in [4.78, 5) is 26.6. The van der Waals surface area contributed by atoms with Gasteiger partial charge in [0.05, 0.1) is 17.2 Å². The SMILES string of the molecule is CCOc1cc([C@@H]2C(C(=O)OCCSCC)=C(C)NC3=C2C(=O)CC(C)(C)C3)cc(Cl)c1O. The smallest absolute Gasteiger partial charge is 0.336 e. The Morgan fingerprint density at radius 3 is 2.70 bits per heavy atom. The first-order valence-corrected chi connectivity index (χ1v) is 12.8. The van der Waals surface area contributed by atoms with E-state index in [1.807, 2.05) is 6.92 Å². The fourth-order valence-corrected chi connectivity index (χ4v) is 5.19. The molecule has 0 amide bonds. The van der Waals surface area contributed by atoms with E-state index in [1.54, 1.807) is 30.8 Å². The largest absolute Gasteiger partial charge is 0.503 e. The monoisotopic (exact) mass is 493 g/mol. The number of Topliss-reactive ketones (excluding diaryl/α,β-unsaturated/α-hetero) is 1. The molecule has 3 rings (SSSR count). The van der Waals surface area contributed by atoms with Crippen molar-refractivity contribution in [3.8, 4) is 11.5 Å². The third-order valence-electron chi connectivity index (χ3n) is 5.81. The number of carbonyl (C=O) groups excluding carboxylic acids is 2. The second kappa shape index (κ2) is 10.4. The van der Waals surface area contributed by atoms with E-state index in [1.165, 1.54) is 0 Å². The Hall–Kier alpha value is -2.12. The molecule has 2 aliphatic rings. The van der Waals surface area contributed by atoms with Gasteiger partial charge in [-0.25, -0.2) is 4.79 Å². The van der Waals surface area contributed by atoms with Gasteiger partial charge in [0, 0.05) is 35.1 Å². The van der Waals surface area contributed by atoms with E-state index in [-0.39, 0.29) is 34.3 Å². The number of hydrogen-bond acceptors (Lipinski definition) is 7. The Balaban J connectivity index is 2.12. The Morgan fingerprint density at radius 1 is 1.30 bits per heavy atom. The van der Waals surface area contributed by atoms with Crippen LogP contribution < -0.4 is 10.1 Å². The molecule has 0 radical (unpaired) electrons. The van der Waals surface area contributed by atoms with Crippen LogP contribution in [0.4, 0.5) is 0 Å². The van der Waals surface area contributed by atoms with Crippen molar-refractivity contribution in [1.82, 2.24) is 5.32 Å². The van der Waals surface area contributed by atoms with Gasteiger partial charge in [0.1, 0.15) is 6.61 Å². The molecule has 0 unspecified atom stereocenters. The number of rotatable bonds is 8. The number of nitrogens with one attached hydrogen (secondary N) is 1. The molecule has 33 heavy (non-hydrogen) atoms. The van der Waals surface area contributed by atoms with Crippen LogP contribution in [0, 0.1) is 5.41 Å². The zero-order chi connectivity index (χ0) is 24.3. The third-order valence-corrected chi connectivity index (χ3v) is 6.96. The molecule has 1 aromatic rings. The summed E-state index contributed by atoms with van der Waals surface area (Å²) in [5, 5.41) is 13.8. The van der Waals surface area contributed by atoms with Crippen molar-refractivity contribution in [2.75, 3.05) is 24.7 Å². The molecular formula is C25H32ClNO5S. The van der Waals surface area contributed by atoms with Crippen molar-refractivity contribution in [3.05, 3.63) is 45.3 Å². The first-order chi connectivity index (χ1) is 15.6. The van der Waals surface area contributed by atoms with E-state index in [9.17, 15) is 14.7 Å². The number of carbonyl (C=O) groups is 2. The lowest BCUT2D eigenvalue weighted by Gasteiger charge is -2.39. The predicted molar refractivity (Wildman–Crippen MR) is 132 cm³/mol. The standard InChI is InChI=1S/C25H32ClNO5S/c1-6-31-19-11-15(10-16(26)23(19)29)21-20(24(30)32-8-9-33-7-2)14(3)27-17-12-25(4,5)13-18(28)22(17)21/h10-11,21,27,29H,6-9,12-13H2,1-5H3/t21-/m1/s1. The minimum atomic E-state index is -0.659. The molecule has 0 saturated heterocycles. The number of phenols is 1. The van der Waals surface area contributed by atoms with Gasteiger partial charge in [-0.05, 0) is 49.1 Å². The lowest BCUT2D eigenvalue weighted by atomic mass is 9.68. The van der Waals surface area contributed by atoms with Crippen LogP contribution in [0.25, 0.3) is 0 Å². The predicted octanol–water partition coefficient (Wildman–Crippen LogP) is 5.34. The molecule has 2 N–H and O–H groups in total. The van der Waals surface area contributed by atoms with Crippen molar-refractivity contribution in [2.45, 2.75) is 53.4 Å². The number of ether oxygens (including phenoxy) is 2. The molecular weight excluding hydrogens is 462 g/mol. The molecule has 180 valence electrons. The highest BCUT2D eigenvalue weighted by Crippen LogP contribution is 2.49. The number of phenolic OH excluding ortho intramolecular Hbond substituents is 1. The normalized spacial score (nSPS) is 19.8. The van der Waals surface area contributed by atoms with Gasteiger partial charge in [-0.1, -0.05) is 32.4 Å². The maximum absolute atomic E-state index is 13.4. The van der Waals surface area contributed by atoms with Crippen molar-refractivity contribution in [1.29, 1.82) is 0 Å². The van der Waals surface area contributed by atoms with Crippen LogP contribution >= 0.6 is 23.4 Å². The third kappa shape index (κ3) is 5.52. The summed E-state index contributed by atoms with van der Waals surface area (Å²) in [7, 11) is 0. The Bertz CT molecular complexity index is 1010. The molecule has 6 nitrogen and oxygen atoms in total. The Kier molecular flexibility index (Phi) is 8.06. The Morgan fingerprint density at radius 2 is 2.03 bits per heavy atom. The number of allylic oxidation sites excluding steroid dienone is 3. The number of ketones is 1. The first-order valence-electron chi connectivity index (χ1n) is 11.2. The lowest BCUT2D eigenvalue weighted by Crippen LogP contribution is -2.38. The van der Waals surface area contributed by atoms with Crippen LogP contribution in [0.15, 0.2) is 34.7 Å². The number of halogens is 1. The molecule has 0 fully saturated rings. The van der Waals surface area contributed by atoms with E-state index in [0.717, 1.165) is 11.4 Å². The molecule has 0 bridgehead atoms. The van der Waals surface area contributed by atoms with Gasteiger partial charge >= 0.3 is 5.97 Å². The summed E-state index contributed by atoms with van der Waals surface area (Å²) in [6.07, 6.45) is 1.06. The number of aromatic hydroxyl groups is 1. The van der Waals surface area contributed by atoms with E-state index < -0.39 is 11.9 Å². The highest BCUT2D eigenvalue weighted by Gasteiger charge is 2.43. The van der Waals surface area contributed by atoms with Crippen LogP contribution in [0.5, 0.6) is 11.5 Å². The van der Waals surface area contributed by atoms with Crippen molar-refractivity contribution >= 4 is 35.1 Å². The van der Waals surface area contributed by atoms with Gasteiger partial charge in [0.25, 0.3) is 0 Å². The quantitative estimate of drug-likeness (QED) is 0.373. The zero-order valence-electron chi connectivity index (χ0n) is 19.8. The summed E-state index contributed by atoms with van der Waals surface area (Å²) >= 11 is 8.02. The van der Waals surface area contributed by atoms with Crippen LogP contribution in [-0.4, -0.2) is 41.6 Å². The van der Waals surface area contributed by atoms with Gasteiger partial charge in [0.15, 0.2) is 17.3 Å². The molecule has 1 atom stereocenters. The number of benzene rings is 1. The molecule has 1 aliphatic carbocycles. The first kappa shape index (κ1) is 25.5. The summed E-state index contributed by atoms with van der Waals surface area (Å²) in [5.74, 6) is 0.558. The van der Waals surface area contributed by atoms with Gasteiger partial charge in [-0.3, -0.25) is 4.79 Å². The van der Waals surface area contributed by atoms with Crippen LogP contribution in [0.2, 0.25) is 5.02 Å². The Labute approximate surface area is 204 Å². The lowest BCUT2D eigenvalue weighted by molar-refractivity contribution is -0.138. The zero-order valence-corrected chi connectivity index (χ0v) is 21.4. The molecule has 1 aliphatic heterocycles. The minimum absolute atomic E-state index is 0.0137. The minimum Gasteiger partial charge on any atom is -0.503 e. The van der Waals surface area contributed by atoms with Crippen molar-refractivity contribution in [2.24, 2.45) is 5.41 Å². The molecule has 0 saturated carbocycles.